The van der Waals surface area contributed by atoms with Gasteiger partial charge in [0, 0.05) is 23.8 Å². The average molecular weight is 499 g/mol. The minimum Gasteiger partial charge on any atom is -0.496 e. The van der Waals surface area contributed by atoms with Crippen molar-refractivity contribution in [1.82, 2.24) is 15.2 Å². The third kappa shape index (κ3) is 4.15. The molecule has 0 bridgehead atoms. The Labute approximate surface area is 192 Å². The lowest BCUT2D eigenvalue weighted by Gasteiger charge is -2.30. The highest BCUT2D eigenvalue weighted by atomic mass is 79.9. The van der Waals surface area contributed by atoms with Gasteiger partial charge in [-0.2, -0.15) is 4.98 Å². The molecule has 0 radical (unpaired) electrons. The SMILES string of the molecule is C=CCSc1nnc2c(n1)OC(c1ccc(OC)c(Br)c1)N(C(C)=O)c1ccccc1-2. The molecule has 7 nitrogen and oxygen atoms in total. The summed E-state index contributed by atoms with van der Waals surface area (Å²) in [6, 6.07) is 13.1. The number of benzene rings is 2. The Kier molecular flexibility index (Phi) is 6.24. The minimum absolute atomic E-state index is 0.175. The third-order valence-electron chi connectivity index (χ3n) is 4.64. The van der Waals surface area contributed by atoms with Crippen LogP contribution in [0.3, 0.4) is 0 Å². The number of para-hydroxylation sites is 1. The number of nitrogens with zero attached hydrogens (tertiary/aromatic N) is 4. The number of fused-ring (bicyclic) bond motifs is 3. The van der Waals surface area contributed by atoms with Crippen LogP contribution in [-0.4, -0.2) is 34.0 Å². The lowest BCUT2D eigenvalue weighted by atomic mass is 10.1. The molecule has 9 heteroatoms. The number of amides is 1. The van der Waals surface area contributed by atoms with Crippen LogP contribution < -0.4 is 14.4 Å². The van der Waals surface area contributed by atoms with Crippen LogP contribution in [0.25, 0.3) is 11.3 Å². The second-order valence-electron chi connectivity index (χ2n) is 6.62. The zero-order valence-corrected chi connectivity index (χ0v) is 19.3. The van der Waals surface area contributed by atoms with Crippen molar-refractivity contribution in [1.29, 1.82) is 0 Å². The van der Waals surface area contributed by atoms with Crippen LogP contribution in [0.5, 0.6) is 11.6 Å². The van der Waals surface area contributed by atoms with Crippen molar-refractivity contribution in [2.75, 3.05) is 17.8 Å². The monoisotopic (exact) mass is 498 g/mol. The van der Waals surface area contributed by atoms with Crippen molar-refractivity contribution in [2.45, 2.75) is 18.3 Å². The number of aromatic nitrogens is 3. The van der Waals surface area contributed by atoms with E-state index in [2.05, 4.69) is 37.7 Å². The van der Waals surface area contributed by atoms with Gasteiger partial charge in [-0.3, -0.25) is 9.69 Å². The molecule has 1 atom stereocenters. The Morgan fingerprint density at radius 2 is 2.13 bits per heavy atom. The van der Waals surface area contributed by atoms with Crippen molar-refractivity contribution < 1.29 is 14.3 Å². The second kappa shape index (κ2) is 9.07. The van der Waals surface area contributed by atoms with Gasteiger partial charge in [-0.1, -0.05) is 36.0 Å². The molecule has 158 valence electrons. The van der Waals surface area contributed by atoms with E-state index in [9.17, 15) is 4.79 Å². The summed E-state index contributed by atoms with van der Waals surface area (Å²) >= 11 is 4.92. The molecule has 1 aromatic heterocycles. The first-order valence-electron chi connectivity index (χ1n) is 9.41. The predicted octanol–water partition coefficient (Wildman–Crippen LogP) is 5.03. The van der Waals surface area contributed by atoms with Crippen LogP contribution in [0.1, 0.15) is 18.7 Å². The summed E-state index contributed by atoms with van der Waals surface area (Å²) in [5.41, 5.74) is 2.64. The van der Waals surface area contributed by atoms with E-state index < -0.39 is 6.23 Å². The molecule has 0 aliphatic carbocycles. The average Bonchev–Trinajstić information content (AvgIpc) is 2.92. The largest absolute Gasteiger partial charge is 0.496 e. The van der Waals surface area contributed by atoms with Crippen LogP contribution in [0.4, 0.5) is 5.69 Å². The molecule has 1 unspecified atom stereocenters. The van der Waals surface area contributed by atoms with Crippen molar-refractivity contribution >= 4 is 39.3 Å². The number of rotatable bonds is 5. The fourth-order valence-electron chi connectivity index (χ4n) is 3.30. The summed E-state index contributed by atoms with van der Waals surface area (Å²) in [6.45, 7) is 5.23. The van der Waals surface area contributed by atoms with Crippen LogP contribution in [-0.2, 0) is 4.79 Å². The van der Waals surface area contributed by atoms with E-state index in [0.29, 0.717) is 33.9 Å². The molecule has 2 heterocycles. The van der Waals surface area contributed by atoms with E-state index in [0.717, 1.165) is 15.6 Å². The van der Waals surface area contributed by atoms with Gasteiger partial charge in [0.05, 0.1) is 17.3 Å². The van der Waals surface area contributed by atoms with Crippen molar-refractivity contribution in [3.63, 3.8) is 0 Å². The summed E-state index contributed by atoms with van der Waals surface area (Å²) in [5, 5.41) is 9.08. The maximum atomic E-state index is 12.8. The highest BCUT2D eigenvalue weighted by molar-refractivity contribution is 9.10. The summed E-state index contributed by atoms with van der Waals surface area (Å²) < 4.78 is 12.4. The van der Waals surface area contributed by atoms with Gasteiger partial charge in [-0.15, -0.1) is 16.8 Å². The first-order valence-corrected chi connectivity index (χ1v) is 11.2. The Morgan fingerprint density at radius 1 is 1.32 bits per heavy atom. The van der Waals surface area contributed by atoms with Crippen LogP contribution in [0, 0.1) is 0 Å². The molecule has 0 spiro atoms. The highest BCUT2D eigenvalue weighted by Crippen LogP contribution is 2.44. The first-order chi connectivity index (χ1) is 15.0. The fraction of sp³-hybridized carbons (Fsp3) is 0.182. The number of ether oxygens (including phenoxy) is 2. The van der Waals surface area contributed by atoms with Gasteiger partial charge in [-0.25, -0.2) is 0 Å². The molecule has 4 rings (SSSR count). The fourth-order valence-corrected chi connectivity index (χ4v) is 4.37. The zero-order valence-electron chi connectivity index (χ0n) is 16.9. The van der Waals surface area contributed by atoms with Gasteiger partial charge in [-0.05, 0) is 40.2 Å². The molecule has 31 heavy (non-hydrogen) atoms. The van der Waals surface area contributed by atoms with Gasteiger partial charge < -0.3 is 9.47 Å². The number of carbonyl (C=O) groups excluding carboxylic acids is 1. The summed E-state index contributed by atoms with van der Waals surface area (Å²) in [5.74, 6) is 1.46. The number of carbonyl (C=O) groups is 1. The molecule has 1 aliphatic heterocycles. The van der Waals surface area contributed by atoms with Crippen LogP contribution in [0.15, 0.2) is 64.7 Å². The Bertz CT molecular complexity index is 1160. The van der Waals surface area contributed by atoms with E-state index >= 15 is 0 Å². The number of halogens is 1. The standard InChI is InChI=1S/C22H19BrN4O3S/c1-4-11-31-22-24-20-19(25-26-22)15-7-5-6-8-17(15)27(13(2)28)21(30-20)14-9-10-18(29-3)16(23)12-14/h4-10,12,21H,1,11H2,2-3H3. The molecule has 1 aliphatic rings. The van der Waals surface area contributed by atoms with E-state index in [-0.39, 0.29) is 5.91 Å². The maximum absolute atomic E-state index is 12.8. The van der Waals surface area contributed by atoms with Gasteiger partial charge in [0.15, 0.2) is 5.69 Å². The summed E-state index contributed by atoms with van der Waals surface area (Å²) in [7, 11) is 1.60. The predicted molar refractivity (Wildman–Crippen MR) is 123 cm³/mol. The second-order valence-corrected chi connectivity index (χ2v) is 8.46. The lowest BCUT2D eigenvalue weighted by molar-refractivity contribution is -0.118. The molecular weight excluding hydrogens is 480 g/mol. The lowest BCUT2D eigenvalue weighted by Crippen LogP contribution is -2.36. The van der Waals surface area contributed by atoms with E-state index in [1.165, 1.54) is 18.7 Å². The van der Waals surface area contributed by atoms with E-state index in [1.54, 1.807) is 18.1 Å². The number of thioether (sulfide) groups is 1. The van der Waals surface area contributed by atoms with Crippen LogP contribution in [0.2, 0.25) is 0 Å². The molecule has 3 aromatic rings. The van der Waals surface area contributed by atoms with Gasteiger partial charge in [0.1, 0.15) is 5.75 Å². The van der Waals surface area contributed by atoms with Crippen molar-refractivity contribution in [3.05, 3.63) is 65.2 Å². The molecule has 0 saturated heterocycles. The molecule has 0 N–H and O–H groups in total. The third-order valence-corrected chi connectivity index (χ3v) is 6.10. The molecule has 0 fully saturated rings. The van der Waals surface area contributed by atoms with Gasteiger partial charge in [0.2, 0.25) is 23.2 Å². The first kappa shape index (κ1) is 21.3. The van der Waals surface area contributed by atoms with Crippen LogP contribution >= 0.6 is 27.7 Å². The normalized spacial score (nSPS) is 14.7. The van der Waals surface area contributed by atoms with Gasteiger partial charge in [0.25, 0.3) is 0 Å². The van der Waals surface area contributed by atoms with Crippen molar-refractivity contribution in [3.8, 4) is 22.9 Å². The highest BCUT2D eigenvalue weighted by Gasteiger charge is 2.34. The number of methoxy groups -OCH3 is 1. The summed E-state index contributed by atoms with van der Waals surface area (Å²) in [4.78, 5) is 19.0. The minimum atomic E-state index is -0.754. The van der Waals surface area contributed by atoms with E-state index in [4.69, 9.17) is 9.47 Å². The molecular formula is C22H19BrN4O3S. The van der Waals surface area contributed by atoms with Crippen molar-refractivity contribution in [2.24, 2.45) is 0 Å². The quantitative estimate of drug-likeness (QED) is 0.360. The Balaban J connectivity index is 1.90. The zero-order chi connectivity index (χ0) is 22.0. The summed E-state index contributed by atoms with van der Waals surface area (Å²) in [6.07, 6.45) is 1.02. The topological polar surface area (TPSA) is 77.4 Å². The van der Waals surface area contributed by atoms with Gasteiger partial charge >= 0.3 is 0 Å². The van der Waals surface area contributed by atoms with E-state index in [1.807, 2.05) is 42.5 Å². The smallest absolute Gasteiger partial charge is 0.247 e. The number of hydrogen-bond acceptors (Lipinski definition) is 7. The Morgan fingerprint density at radius 3 is 2.84 bits per heavy atom. The number of hydrogen-bond donors (Lipinski definition) is 0. The molecule has 0 saturated carbocycles. The Hall–Kier alpha value is -2.91. The maximum Gasteiger partial charge on any atom is 0.247 e. The molecule has 1 amide bonds. The number of anilines is 1. The molecule has 2 aromatic carbocycles.